The molecule has 1 unspecified atom stereocenters. The van der Waals surface area contributed by atoms with Crippen molar-refractivity contribution in [3.05, 3.63) is 12.2 Å². The second-order valence-electron chi connectivity index (χ2n) is 10.3. The van der Waals surface area contributed by atoms with Gasteiger partial charge in [0.1, 0.15) is 6.04 Å². The Morgan fingerprint density at radius 2 is 1.68 bits per heavy atom. The highest BCUT2D eigenvalue weighted by molar-refractivity contribution is 14.1. The number of nitrogens with zero attached hydrogens (tertiary/aromatic N) is 1. The van der Waals surface area contributed by atoms with E-state index < -0.39 is 23.5 Å². The van der Waals surface area contributed by atoms with Crippen molar-refractivity contribution >= 4 is 69.3 Å². The fourth-order valence-electron chi connectivity index (χ4n) is 3.76. The van der Waals surface area contributed by atoms with Crippen molar-refractivity contribution in [2.75, 3.05) is 17.5 Å². The number of urea groups is 1. The molecule has 0 saturated carbocycles. The molecule has 0 saturated heterocycles. The van der Waals surface area contributed by atoms with Gasteiger partial charge in [0.2, 0.25) is 5.91 Å². The Bertz CT molecular complexity index is 871. The molecule has 1 aliphatic heterocycles. The van der Waals surface area contributed by atoms with Gasteiger partial charge in [-0.3, -0.25) is 24.1 Å². The summed E-state index contributed by atoms with van der Waals surface area (Å²) in [4.78, 5) is 62.3. The number of carbonyl (C=O) groups excluding carboxylic acids is 5. The van der Waals surface area contributed by atoms with Crippen LogP contribution in [0.3, 0.4) is 0 Å². The van der Waals surface area contributed by atoms with E-state index in [1.807, 2.05) is 6.92 Å². The van der Waals surface area contributed by atoms with Crippen LogP contribution in [0.25, 0.3) is 0 Å². The Morgan fingerprint density at radius 1 is 1.05 bits per heavy atom. The first-order valence-electron chi connectivity index (χ1n) is 12.5. The van der Waals surface area contributed by atoms with E-state index in [1.165, 1.54) is 17.1 Å². The molecule has 1 aliphatic rings. The van der Waals surface area contributed by atoms with E-state index in [0.717, 1.165) is 12.8 Å². The topological polar surface area (TPSA) is 151 Å². The number of alkyl halides is 1. The number of halogens is 1. The van der Waals surface area contributed by atoms with Crippen LogP contribution in [0.4, 0.5) is 4.79 Å². The Morgan fingerprint density at radius 3 is 2.22 bits per heavy atom. The van der Waals surface area contributed by atoms with Crippen LogP contribution >= 0.6 is 34.8 Å². The van der Waals surface area contributed by atoms with E-state index in [1.54, 1.807) is 20.8 Å². The number of hydrogen-bond donors (Lipinski definition) is 4. The summed E-state index contributed by atoms with van der Waals surface area (Å²) in [5.74, 6) is -0.989. The zero-order valence-corrected chi connectivity index (χ0v) is 25.1. The molecule has 5 amide bonds. The number of Topliss-reactive ketones (excluding diaryl/α,β-unsaturated/α-hetero) is 1. The van der Waals surface area contributed by atoms with Crippen molar-refractivity contribution in [3.8, 4) is 0 Å². The summed E-state index contributed by atoms with van der Waals surface area (Å²) in [6.45, 7) is 8.05. The Balaban J connectivity index is 2.66. The molecule has 12 heteroatoms. The average molecular weight is 650 g/mol. The lowest BCUT2D eigenvalue weighted by atomic mass is 9.84. The van der Waals surface area contributed by atoms with Gasteiger partial charge in [-0.2, -0.15) is 0 Å². The highest BCUT2D eigenvalue weighted by Crippen LogP contribution is 2.20. The SMILES string of the molecule is CC(CI)[C@H](NC(=S)CCCCCN1C(=O)C=CC1=O)C(=O)N[C@@H](CCCNC(N)=O)C(=O)C(C)(C)C. The third-order valence-electron chi connectivity index (χ3n) is 5.94. The molecular formula is C25H40IN5O5S. The fraction of sp³-hybridized carbons (Fsp3) is 0.680. The van der Waals surface area contributed by atoms with E-state index in [-0.39, 0.29) is 29.4 Å². The van der Waals surface area contributed by atoms with Crippen LogP contribution < -0.4 is 21.7 Å². The number of amides is 5. The standard InChI is InChI=1S/C25H40IN5O5S/c1-16(15-26)21(30-18(37)10-6-5-7-14-31-19(32)11-12-20(31)33)23(35)29-17(22(34)25(2,3)4)9-8-13-28-24(27)36/h11-12,16-17,21H,5-10,13-15H2,1-4H3,(H,29,35)(H,30,37)(H3,27,28,36)/t16?,17-,21-/m0/s1. The van der Waals surface area contributed by atoms with Gasteiger partial charge >= 0.3 is 6.03 Å². The van der Waals surface area contributed by atoms with Crippen molar-refractivity contribution in [2.45, 2.75) is 78.3 Å². The highest BCUT2D eigenvalue weighted by Gasteiger charge is 2.33. The summed E-state index contributed by atoms with van der Waals surface area (Å²) >= 11 is 7.72. The second-order valence-corrected chi connectivity index (χ2v) is 11.6. The minimum absolute atomic E-state index is 0.0415. The highest BCUT2D eigenvalue weighted by atomic mass is 127. The molecule has 208 valence electrons. The van der Waals surface area contributed by atoms with Crippen LogP contribution in [-0.4, -0.2) is 69.0 Å². The first kappa shape index (κ1) is 32.9. The number of nitrogens with one attached hydrogen (secondary N) is 3. The number of nitrogens with two attached hydrogens (primary N) is 1. The number of thiocarbonyl (C=S) groups is 1. The zero-order chi connectivity index (χ0) is 28.2. The quantitative estimate of drug-likeness (QED) is 0.0660. The van der Waals surface area contributed by atoms with Crippen LogP contribution in [0.5, 0.6) is 0 Å². The molecule has 1 rings (SSSR count). The van der Waals surface area contributed by atoms with Gasteiger partial charge in [-0.25, -0.2) is 4.79 Å². The molecule has 3 atom stereocenters. The molecule has 0 aliphatic carbocycles. The van der Waals surface area contributed by atoms with E-state index in [9.17, 15) is 24.0 Å². The van der Waals surface area contributed by atoms with Gasteiger partial charge in [-0.1, -0.05) is 68.9 Å². The molecule has 0 bridgehead atoms. The maximum Gasteiger partial charge on any atom is 0.312 e. The number of rotatable bonds is 16. The van der Waals surface area contributed by atoms with Crippen molar-refractivity contribution < 1.29 is 24.0 Å². The fourth-order valence-corrected chi connectivity index (χ4v) is 4.54. The van der Waals surface area contributed by atoms with Crippen LogP contribution in [0.2, 0.25) is 0 Å². The van der Waals surface area contributed by atoms with Crippen LogP contribution in [-0.2, 0) is 19.2 Å². The molecular weight excluding hydrogens is 609 g/mol. The third-order valence-corrected chi connectivity index (χ3v) is 7.65. The molecule has 0 aromatic rings. The van der Waals surface area contributed by atoms with Gasteiger partial charge < -0.3 is 21.7 Å². The van der Waals surface area contributed by atoms with E-state index in [4.69, 9.17) is 18.0 Å². The predicted molar refractivity (Wildman–Crippen MR) is 155 cm³/mol. The lowest BCUT2D eigenvalue weighted by molar-refractivity contribution is -0.136. The van der Waals surface area contributed by atoms with E-state index >= 15 is 0 Å². The number of carbonyl (C=O) groups is 5. The van der Waals surface area contributed by atoms with Gasteiger partial charge in [-0.05, 0) is 38.0 Å². The summed E-state index contributed by atoms with van der Waals surface area (Å²) in [6.07, 6.45) is 6.18. The molecule has 10 nitrogen and oxygen atoms in total. The smallest absolute Gasteiger partial charge is 0.312 e. The van der Waals surface area contributed by atoms with Gasteiger partial charge in [0.15, 0.2) is 5.78 Å². The summed E-state index contributed by atoms with van der Waals surface area (Å²) in [6, 6.07) is -1.94. The van der Waals surface area contributed by atoms with Crippen molar-refractivity contribution in [3.63, 3.8) is 0 Å². The first-order chi connectivity index (χ1) is 17.3. The molecule has 0 aromatic carbocycles. The van der Waals surface area contributed by atoms with Gasteiger partial charge in [-0.15, -0.1) is 0 Å². The van der Waals surface area contributed by atoms with Gasteiger partial charge in [0.25, 0.3) is 11.8 Å². The summed E-state index contributed by atoms with van der Waals surface area (Å²) in [5.41, 5.74) is 4.45. The number of unbranched alkanes of at least 4 members (excludes halogenated alkanes) is 2. The largest absolute Gasteiger partial charge is 0.368 e. The second kappa shape index (κ2) is 16.0. The molecule has 0 spiro atoms. The number of ketones is 1. The average Bonchev–Trinajstić information content (AvgIpc) is 3.14. The molecule has 0 aromatic heterocycles. The third kappa shape index (κ3) is 11.9. The van der Waals surface area contributed by atoms with Crippen LogP contribution in [0.15, 0.2) is 12.2 Å². The number of primary amides is 1. The first-order valence-corrected chi connectivity index (χ1v) is 14.5. The number of hydrogen-bond acceptors (Lipinski definition) is 6. The molecule has 5 N–H and O–H groups in total. The van der Waals surface area contributed by atoms with E-state index in [0.29, 0.717) is 48.2 Å². The predicted octanol–water partition coefficient (Wildman–Crippen LogP) is 2.38. The Kier molecular flexibility index (Phi) is 14.2. The minimum atomic E-state index is -0.702. The lowest BCUT2D eigenvalue weighted by Crippen LogP contribution is -2.55. The van der Waals surface area contributed by atoms with Crippen LogP contribution in [0, 0.1) is 11.3 Å². The van der Waals surface area contributed by atoms with Gasteiger partial charge in [0, 0.05) is 35.1 Å². The molecule has 0 fully saturated rings. The monoisotopic (exact) mass is 649 g/mol. The maximum atomic E-state index is 13.3. The van der Waals surface area contributed by atoms with Crippen molar-refractivity contribution in [1.82, 2.24) is 20.9 Å². The van der Waals surface area contributed by atoms with Crippen molar-refractivity contribution in [1.29, 1.82) is 0 Å². The lowest BCUT2D eigenvalue weighted by Gasteiger charge is -2.29. The molecule has 37 heavy (non-hydrogen) atoms. The van der Waals surface area contributed by atoms with Crippen molar-refractivity contribution in [2.24, 2.45) is 17.1 Å². The maximum absolute atomic E-state index is 13.3. The summed E-state index contributed by atoms with van der Waals surface area (Å²) in [7, 11) is 0. The molecule has 1 heterocycles. The van der Waals surface area contributed by atoms with Crippen LogP contribution in [0.1, 0.15) is 66.2 Å². The normalized spacial score (nSPS) is 15.8. The summed E-state index contributed by atoms with van der Waals surface area (Å²) in [5, 5.41) is 8.60. The Hall–Kier alpha value is -2.09. The Labute approximate surface area is 238 Å². The van der Waals surface area contributed by atoms with E-state index in [2.05, 4.69) is 38.5 Å². The molecule has 0 radical (unpaired) electrons. The summed E-state index contributed by atoms with van der Waals surface area (Å²) < 4.78 is 0.706. The zero-order valence-electron chi connectivity index (χ0n) is 22.1. The number of imide groups is 1. The van der Waals surface area contributed by atoms with Gasteiger partial charge in [0.05, 0.1) is 11.0 Å². The minimum Gasteiger partial charge on any atom is -0.368 e.